The first kappa shape index (κ1) is 23.8. The highest BCUT2D eigenvalue weighted by molar-refractivity contribution is 9.10. The maximum atomic E-state index is 12.8. The summed E-state index contributed by atoms with van der Waals surface area (Å²) in [7, 11) is 0. The largest absolute Gasteiger partial charge is 0.489 e. The number of rotatable bonds is 7. The van der Waals surface area contributed by atoms with Crippen LogP contribution >= 0.6 is 15.9 Å². The van der Waals surface area contributed by atoms with Crippen LogP contribution in [-0.4, -0.2) is 15.7 Å². The van der Waals surface area contributed by atoms with E-state index in [1.807, 2.05) is 79.2 Å². The predicted octanol–water partition coefficient (Wildman–Crippen LogP) is 6.76. The summed E-state index contributed by atoms with van der Waals surface area (Å²) in [5.41, 5.74) is 7.91. The van der Waals surface area contributed by atoms with E-state index >= 15 is 0 Å². The summed E-state index contributed by atoms with van der Waals surface area (Å²) in [4.78, 5) is 12.8. The van der Waals surface area contributed by atoms with Gasteiger partial charge in [-0.2, -0.15) is 5.10 Å². The highest BCUT2D eigenvalue weighted by Crippen LogP contribution is 2.22. The Morgan fingerprint density at radius 1 is 0.941 bits per heavy atom. The Labute approximate surface area is 208 Å². The Kier molecular flexibility index (Phi) is 7.17. The molecule has 0 saturated carbocycles. The summed E-state index contributed by atoms with van der Waals surface area (Å²) in [6, 6.07) is 21.4. The third kappa shape index (κ3) is 5.57. The molecule has 4 aromatic rings. The lowest BCUT2D eigenvalue weighted by atomic mass is 10.1. The molecule has 0 spiro atoms. The van der Waals surface area contributed by atoms with Crippen molar-refractivity contribution < 1.29 is 9.53 Å². The molecule has 174 valence electrons. The summed E-state index contributed by atoms with van der Waals surface area (Å²) in [5.74, 6) is 0.699. The lowest BCUT2D eigenvalue weighted by Gasteiger charge is -2.10. The van der Waals surface area contributed by atoms with Crippen LogP contribution < -0.4 is 10.1 Å². The Balaban J connectivity index is 1.37. The number of aromatic nitrogens is 2. The lowest BCUT2D eigenvalue weighted by Crippen LogP contribution is -2.12. The number of hydrogen-bond donors (Lipinski definition) is 1. The van der Waals surface area contributed by atoms with Gasteiger partial charge in [-0.25, -0.2) is 0 Å². The minimum Gasteiger partial charge on any atom is -0.489 e. The number of carbonyl (C=O) groups excluding carboxylic acids is 1. The molecule has 1 N–H and O–H groups in total. The van der Waals surface area contributed by atoms with Gasteiger partial charge >= 0.3 is 0 Å². The normalized spacial score (nSPS) is 10.9. The number of benzene rings is 3. The second kappa shape index (κ2) is 10.3. The summed E-state index contributed by atoms with van der Waals surface area (Å²) < 4.78 is 8.88. The summed E-state index contributed by atoms with van der Waals surface area (Å²) in [6.07, 6.45) is 0. The maximum absolute atomic E-state index is 12.8. The van der Waals surface area contributed by atoms with Crippen molar-refractivity contribution in [2.75, 3.05) is 5.32 Å². The lowest BCUT2D eigenvalue weighted by molar-refractivity contribution is 0.102. The average molecular weight is 518 g/mol. The number of nitrogens with zero attached hydrogens (tertiary/aromatic N) is 2. The smallest absolute Gasteiger partial charge is 0.255 e. The molecule has 1 amide bonds. The van der Waals surface area contributed by atoms with E-state index in [0.29, 0.717) is 18.7 Å². The highest BCUT2D eigenvalue weighted by Gasteiger charge is 2.11. The molecule has 34 heavy (non-hydrogen) atoms. The fraction of sp³-hybridized carbons (Fsp3) is 0.214. The van der Waals surface area contributed by atoms with Gasteiger partial charge in [-0.05, 0) is 102 Å². The number of carbonyl (C=O) groups is 1. The Bertz CT molecular complexity index is 1330. The van der Waals surface area contributed by atoms with Gasteiger partial charge in [0.1, 0.15) is 12.4 Å². The number of aryl methyl sites for hydroxylation is 3. The second-order valence-electron chi connectivity index (χ2n) is 8.53. The molecule has 1 aromatic heterocycles. The van der Waals surface area contributed by atoms with E-state index < -0.39 is 0 Å². The number of anilines is 1. The molecule has 3 aromatic carbocycles. The third-order valence-corrected chi connectivity index (χ3v) is 7.06. The van der Waals surface area contributed by atoms with E-state index in [9.17, 15) is 4.79 Å². The van der Waals surface area contributed by atoms with Crippen molar-refractivity contribution in [2.45, 2.75) is 40.8 Å². The zero-order chi connectivity index (χ0) is 24.2. The van der Waals surface area contributed by atoms with Crippen LogP contribution in [0.3, 0.4) is 0 Å². The van der Waals surface area contributed by atoms with Crippen LogP contribution in [0.5, 0.6) is 5.75 Å². The molecule has 0 saturated heterocycles. The summed E-state index contributed by atoms with van der Waals surface area (Å²) in [6.45, 7) is 9.26. The van der Waals surface area contributed by atoms with Gasteiger partial charge in [-0.15, -0.1) is 0 Å². The van der Waals surface area contributed by atoms with Crippen LogP contribution in [-0.2, 0) is 13.2 Å². The molecule has 0 aliphatic carbocycles. The van der Waals surface area contributed by atoms with Crippen molar-refractivity contribution in [3.05, 3.63) is 110 Å². The van der Waals surface area contributed by atoms with Crippen LogP contribution in [0, 0.1) is 27.7 Å². The Hall–Kier alpha value is -3.38. The molecule has 0 fully saturated rings. The molecule has 0 bridgehead atoms. The molecule has 0 aliphatic heterocycles. The zero-order valence-corrected chi connectivity index (χ0v) is 21.4. The number of hydrogen-bond acceptors (Lipinski definition) is 3. The number of halogens is 1. The number of nitrogens with one attached hydrogen (secondary N) is 1. The molecule has 6 heteroatoms. The van der Waals surface area contributed by atoms with Crippen LogP contribution in [0.25, 0.3) is 0 Å². The fourth-order valence-corrected chi connectivity index (χ4v) is 3.96. The SMILES string of the molecule is Cc1ccc(OCc2ccc(C(=O)Nc3cccc(Cn4nc(C)c(Br)c4C)c3)cc2)cc1C. The van der Waals surface area contributed by atoms with Crippen molar-refractivity contribution in [1.29, 1.82) is 0 Å². The molecule has 0 aliphatic rings. The summed E-state index contributed by atoms with van der Waals surface area (Å²) in [5, 5.41) is 7.56. The van der Waals surface area contributed by atoms with Crippen molar-refractivity contribution in [3.63, 3.8) is 0 Å². The third-order valence-electron chi connectivity index (χ3n) is 5.91. The van der Waals surface area contributed by atoms with Gasteiger partial charge in [-0.1, -0.05) is 30.3 Å². The van der Waals surface area contributed by atoms with Crippen molar-refractivity contribution in [1.82, 2.24) is 9.78 Å². The molecular weight excluding hydrogens is 490 g/mol. The van der Waals surface area contributed by atoms with E-state index in [-0.39, 0.29) is 5.91 Å². The molecule has 0 radical (unpaired) electrons. The maximum Gasteiger partial charge on any atom is 0.255 e. The Morgan fingerprint density at radius 3 is 2.38 bits per heavy atom. The van der Waals surface area contributed by atoms with Gasteiger partial charge in [0.25, 0.3) is 5.91 Å². The first-order valence-corrected chi connectivity index (χ1v) is 12.0. The van der Waals surface area contributed by atoms with Gasteiger partial charge in [-0.3, -0.25) is 9.48 Å². The molecule has 1 heterocycles. The topological polar surface area (TPSA) is 56.1 Å². The minimum atomic E-state index is -0.146. The second-order valence-corrected chi connectivity index (χ2v) is 9.32. The zero-order valence-electron chi connectivity index (χ0n) is 19.9. The van der Waals surface area contributed by atoms with Gasteiger partial charge in [0.2, 0.25) is 0 Å². The van der Waals surface area contributed by atoms with E-state index in [1.165, 1.54) is 11.1 Å². The predicted molar refractivity (Wildman–Crippen MR) is 140 cm³/mol. The van der Waals surface area contributed by atoms with E-state index in [1.54, 1.807) is 0 Å². The van der Waals surface area contributed by atoms with Crippen LogP contribution in [0.15, 0.2) is 71.2 Å². The highest BCUT2D eigenvalue weighted by atomic mass is 79.9. The summed E-state index contributed by atoms with van der Waals surface area (Å²) >= 11 is 3.57. The van der Waals surface area contributed by atoms with Crippen LogP contribution in [0.4, 0.5) is 5.69 Å². The van der Waals surface area contributed by atoms with Crippen LogP contribution in [0.1, 0.15) is 44.0 Å². The number of amides is 1. The van der Waals surface area contributed by atoms with Gasteiger partial charge in [0.15, 0.2) is 0 Å². The Morgan fingerprint density at radius 2 is 1.71 bits per heavy atom. The van der Waals surface area contributed by atoms with Gasteiger partial charge in [0, 0.05) is 11.3 Å². The van der Waals surface area contributed by atoms with E-state index in [0.717, 1.165) is 38.4 Å². The van der Waals surface area contributed by atoms with Crippen molar-refractivity contribution in [3.8, 4) is 5.75 Å². The fourth-order valence-electron chi connectivity index (χ4n) is 3.68. The minimum absolute atomic E-state index is 0.146. The first-order chi connectivity index (χ1) is 16.3. The van der Waals surface area contributed by atoms with Crippen LogP contribution in [0.2, 0.25) is 0 Å². The quantitative estimate of drug-likeness (QED) is 0.294. The van der Waals surface area contributed by atoms with E-state index in [4.69, 9.17) is 4.74 Å². The van der Waals surface area contributed by atoms with Crippen molar-refractivity contribution >= 4 is 27.5 Å². The molecular formula is C28H28BrN3O2. The van der Waals surface area contributed by atoms with Gasteiger partial charge in [0.05, 0.1) is 22.4 Å². The molecule has 5 nitrogen and oxygen atoms in total. The van der Waals surface area contributed by atoms with E-state index in [2.05, 4.69) is 46.3 Å². The standard InChI is InChI=1S/C28H28BrN3O2/c1-18-8-13-26(14-19(18)2)34-17-22-9-11-24(12-10-22)28(33)30-25-7-5-6-23(15-25)16-32-21(4)27(29)20(3)31-32/h5-15H,16-17H2,1-4H3,(H,30,33). The molecule has 0 unspecified atom stereocenters. The van der Waals surface area contributed by atoms with Crippen molar-refractivity contribution in [2.24, 2.45) is 0 Å². The molecule has 0 atom stereocenters. The first-order valence-electron chi connectivity index (χ1n) is 11.2. The number of ether oxygens (including phenoxy) is 1. The monoisotopic (exact) mass is 517 g/mol. The van der Waals surface area contributed by atoms with Gasteiger partial charge < -0.3 is 10.1 Å². The molecule has 4 rings (SSSR count). The average Bonchev–Trinajstić information content (AvgIpc) is 3.06.